The Morgan fingerprint density at radius 2 is 1.89 bits per heavy atom. The number of hydrogen-bond donors (Lipinski definition) is 3. The molecule has 9 nitrogen and oxygen atoms in total. The summed E-state index contributed by atoms with van der Waals surface area (Å²) in [4.78, 5) is 24.7. The van der Waals surface area contributed by atoms with Crippen LogP contribution in [0.1, 0.15) is 42.6 Å². The van der Waals surface area contributed by atoms with Gasteiger partial charge in [0.1, 0.15) is 15.5 Å². The van der Waals surface area contributed by atoms with Gasteiger partial charge in [-0.25, -0.2) is 8.42 Å². The van der Waals surface area contributed by atoms with E-state index in [9.17, 15) is 23.1 Å². The minimum Gasteiger partial charge on any atom is -0.391 e. The summed E-state index contributed by atoms with van der Waals surface area (Å²) in [7, 11) is -1.29. The Labute approximate surface area is 158 Å². The van der Waals surface area contributed by atoms with Crippen LogP contribution in [-0.4, -0.2) is 64.8 Å². The Balaban J connectivity index is 1.48. The standard InChI is InChI=1S/C17H26N4O5S/c1-21-14(4-7-18-21)17(24)20-13-3-2-11(10-15(13)22)16(23)19-12-5-8-27(25,26)9-6-12/h4,7,11-13,15,22H,2-3,5-6,8-10H2,1H3,(H,19,23)(H,20,24)/t11-,13-,15-/m0/s1. The molecule has 2 aliphatic rings. The number of hydrogen-bond acceptors (Lipinski definition) is 6. The Kier molecular flexibility index (Phi) is 5.85. The molecule has 3 rings (SSSR count). The fourth-order valence-corrected chi connectivity index (χ4v) is 5.24. The average Bonchev–Trinajstić information content (AvgIpc) is 3.04. The molecule has 2 amide bonds. The van der Waals surface area contributed by atoms with Crippen LogP contribution in [0.3, 0.4) is 0 Å². The second-order valence-electron chi connectivity index (χ2n) is 7.43. The topological polar surface area (TPSA) is 130 Å². The zero-order valence-electron chi connectivity index (χ0n) is 15.3. The van der Waals surface area contributed by atoms with E-state index in [2.05, 4.69) is 15.7 Å². The first-order valence-electron chi connectivity index (χ1n) is 9.23. The molecule has 2 heterocycles. The van der Waals surface area contributed by atoms with Gasteiger partial charge in [0, 0.05) is 25.2 Å². The number of carbonyl (C=O) groups is 2. The molecule has 1 aliphatic carbocycles. The number of nitrogens with zero attached hydrogens (tertiary/aromatic N) is 2. The van der Waals surface area contributed by atoms with Gasteiger partial charge in [-0.15, -0.1) is 0 Å². The maximum Gasteiger partial charge on any atom is 0.269 e. The lowest BCUT2D eigenvalue weighted by Crippen LogP contribution is -2.50. The summed E-state index contributed by atoms with van der Waals surface area (Å²) in [5, 5.41) is 20.1. The smallest absolute Gasteiger partial charge is 0.269 e. The van der Waals surface area contributed by atoms with Gasteiger partial charge in [-0.1, -0.05) is 0 Å². The van der Waals surface area contributed by atoms with E-state index in [1.54, 1.807) is 13.1 Å². The molecule has 1 aromatic rings. The zero-order valence-corrected chi connectivity index (χ0v) is 16.1. The Hall–Kier alpha value is -1.94. The van der Waals surface area contributed by atoms with Gasteiger partial charge in [0.15, 0.2) is 0 Å². The molecular formula is C17H26N4O5S. The highest BCUT2D eigenvalue weighted by Gasteiger charge is 2.35. The van der Waals surface area contributed by atoms with E-state index in [1.165, 1.54) is 10.9 Å². The highest BCUT2D eigenvalue weighted by atomic mass is 32.2. The predicted molar refractivity (Wildman–Crippen MR) is 97.6 cm³/mol. The monoisotopic (exact) mass is 398 g/mol. The maximum atomic E-state index is 12.5. The van der Waals surface area contributed by atoms with Gasteiger partial charge in [-0.2, -0.15) is 5.10 Å². The maximum absolute atomic E-state index is 12.5. The number of sulfone groups is 1. The number of nitrogens with one attached hydrogen (secondary N) is 2. The lowest BCUT2D eigenvalue weighted by atomic mass is 9.83. The Morgan fingerprint density at radius 1 is 1.19 bits per heavy atom. The fourth-order valence-electron chi connectivity index (χ4n) is 3.75. The van der Waals surface area contributed by atoms with Gasteiger partial charge in [0.2, 0.25) is 5.91 Å². The molecule has 0 spiro atoms. The van der Waals surface area contributed by atoms with Crippen molar-refractivity contribution in [2.45, 2.75) is 50.3 Å². The number of aromatic nitrogens is 2. The molecule has 1 saturated heterocycles. The van der Waals surface area contributed by atoms with Crippen molar-refractivity contribution >= 4 is 21.7 Å². The van der Waals surface area contributed by atoms with E-state index in [0.29, 0.717) is 31.4 Å². The van der Waals surface area contributed by atoms with Crippen LogP contribution in [-0.2, 0) is 21.7 Å². The quantitative estimate of drug-likeness (QED) is 0.619. The van der Waals surface area contributed by atoms with Gasteiger partial charge in [0.05, 0.1) is 23.7 Å². The zero-order chi connectivity index (χ0) is 19.6. The Morgan fingerprint density at radius 3 is 2.48 bits per heavy atom. The summed E-state index contributed by atoms with van der Waals surface area (Å²) in [6.45, 7) is 0. The van der Waals surface area contributed by atoms with Crippen LogP contribution >= 0.6 is 0 Å². The van der Waals surface area contributed by atoms with E-state index in [1.807, 2.05) is 0 Å². The van der Waals surface area contributed by atoms with E-state index >= 15 is 0 Å². The lowest BCUT2D eigenvalue weighted by Gasteiger charge is -2.34. The fraction of sp³-hybridized carbons (Fsp3) is 0.706. The molecule has 2 fully saturated rings. The summed E-state index contributed by atoms with van der Waals surface area (Å²) in [5.74, 6) is -0.565. The second-order valence-corrected chi connectivity index (χ2v) is 9.74. The highest BCUT2D eigenvalue weighted by molar-refractivity contribution is 7.91. The molecule has 27 heavy (non-hydrogen) atoms. The van der Waals surface area contributed by atoms with Crippen LogP contribution < -0.4 is 10.6 Å². The SMILES string of the molecule is Cn1nccc1C(=O)N[C@H]1CC[C@H](C(=O)NC2CCS(=O)(=O)CC2)C[C@@H]1O. The van der Waals surface area contributed by atoms with Crippen molar-refractivity contribution in [3.05, 3.63) is 18.0 Å². The van der Waals surface area contributed by atoms with Crippen molar-refractivity contribution in [2.75, 3.05) is 11.5 Å². The van der Waals surface area contributed by atoms with Crippen LogP contribution in [0.4, 0.5) is 0 Å². The van der Waals surface area contributed by atoms with E-state index in [4.69, 9.17) is 0 Å². The van der Waals surface area contributed by atoms with Gasteiger partial charge in [0.25, 0.3) is 5.91 Å². The molecule has 0 aromatic carbocycles. The van der Waals surface area contributed by atoms with Crippen LogP contribution in [0, 0.1) is 5.92 Å². The highest BCUT2D eigenvalue weighted by Crippen LogP contribution is 2.26. The summed E-state index contributed by atoms with van der Waals surface area (Å²) in [5.41, 5.74) is 0.411. The number of aryl methyl sites for hydroxylation is 1. The molecule has 0 unspecified atom stereocenters. The van der Waals surface area contributed by atoms with Crippen LogP contribution in [0.2, 0.25) is 0 Å². The first kappa shape index (κ1) is 19.8. The molecule has 3 atom stereocenters. The molecule has 150 valence electrons. The normalized spacial score (nSPS) is 28.4. The minimum absolute atomic E-state index is 0.105. The third-order valence-corrected chi connectivity index (χ3v) is 7.17. The molecule has 1 saturated carbocycles. The Bertz CT molecular complexity index is 792. The lowest BCUT2D eigenvalue weighted by molar-refractivity contribution is -0.128. The van der Waals surface area contributed by atoms with Crippen molar-refractivity contribution in [2.24, 2.45) is 13.0 Å². The minimum atomic E-state index is -2.96. The largest absolute Gasteiger partial charge is 0.391 e. The number of rotatable bonds is 4. The van der Waals surface area contributed by atoms with Crippen molar-refractivity contribution in [3.8, 4) is 0 Å². The van der Waals surface area contributed by atoms with E-state index in [-0.39, 0.29) is 41.7 Å². The number of amides is 2. The molecule has 1 aliphatic heterocycles. The average molecular weight is 398 g/mol. The van der Waals surface area contributed by atoms with Gasteiger partial charge in [-0.05, 0) is 38.2 Å². The van der Waals surface area contributed by atoms with E-state index < -0.39 is 22.0 Å². The van der Waals surface area contributed by atoms with Gasteiger partial charge in [-0.3, -0.25) is 14.3 Å². The van der Waals surface area contributed by atoms with Crippen LogP contribution in [0.15, 0.2) is 12.3 Å². The van der Waals surface area contributed by atoms with Crippen molar-refractivity contribution in [1.29, 1.82) is 0 Å². The number of aliphatic hydroxyl groups excluding tert-OH is 1. The molecule has 0 radical (unpaired) electrons. The molecule has 3 N–H and O–H groups in total. The number of aliphatic hydroxyl groups is 1. The molecule has 1 aromatic heterocycles. The van der Waals surface area contributed by atoms with Crippen molar-refractivity contribution < 1.29 is 23.1 Å². The van der Waals surface area contributed by atoms with E-state index in [0.717, 1.165) is 0 Å². The van der Waals surface area contributed by atoms with Gasteiger partial charge >= 0.3 is 0 Å². The van der Waals surface area contributed by atoms with Crippen molar-refractivity contribution in [1.82, 2.24) is 20.4 Å². The summed E-state index contributed by atoms with van der Waals surface area (Å²) < 4.78 is 24.4. The van der Waals surface area contributed by atoms with Crippen LogP contribution in [0.5, 0.6) is 0 Å². The first-order valence-corrected chi connectivity index (χ1v) is 11.0. The summed E-state index contributed by atoms with van der Waals surface area (Å²) in [6.07, 6.45) is 2.93. The third kappa shape index (κ3) is 4.86. The van der Waals surface area contributed by atoms with Gasteiger partial charge < -0.3 is 15.7 Å². The number of carbonyl (C=O) groups excluding carboxylic acids is 2. The van der Waals surface area contributed by atoms with Crippen molar-refractivity contribution in [3.63, 3.8) is 0 Å². The predicted octanol–water partition coefficient (Wildman–Crippen LogP) is -0.627. The first-order chi connectivity index (χ1) is 12.7. The molecule has 10 heteroatoms. The summed E-state index contributed by atoms with van der Waals surface area (Å²) in [6, 6.07) is 1.07. The third-order valence-electron chi connectivity index (χ3n) is 5.46. The van der Waals surface area contributed by atoms with Crippen LogP contribution in [0.25, 0.3) is 0 Å². The molecular weight excluding hydrogens is 372 g/mol. The molecule has 0 bridgehead atoms. The summed E-state index contributed by atoms with van der Waals surface area (Å²) >= 11 is 0. The second kappa shape index (κ2) is 7.97.